The Morgan fingerprint density at radius 2 is 2.00 bits per heavy atom. The molecular formula is C24H24FN7O2. The zero-order valence-corrected chi connectivity index (χ0v) is 18.3. The van der Waals surface area contributed by atoms with Gasteiger partial charge in [-0.25, -0.2) is 14.4 Å². The first-order valence-corrected chi connectivity index (χ1v) is 10.7. The first kappa shape index (κ1) is 18.2. The van der Waals surface area contributed by atoms with Crippen molar-refractivity contribution in [1.82, 2.24) is 15.3 Å². The Bertz CT molecular complexity index is 1370. The molecule has 174 valence electrons. The number of amides is 2. The molecule has 1 unspecified atom stereocenters. The van der Waals surface area contributed by atoms with Crippen molar-refractivity contribution < 1.29 is 18.1 Å². The van der Waals surface area contributed by atoms with E-state index in [1.807, 2.05) is 35.5 Å². The van der Waals surface area contributed by atoms with E-state index < -0.39 is 18.7 Å². The van der Waals surface area contributed by atoms with E-state index in [1.54, 1.807) is 0 Å². The summed E-state index contributed by atoms with van der Waals surface area (Å²) in [5, 5.41) is 8.17. The third-order valence-electron chi connectivity index (χ3n) is 5.98. The largest absolute Gasteiger partial charge is 0.369 e. The molecule has 5 rings (SSSR count). The molecule has 34 heavy (non-hydrogen) atoms. The zero-order chi connectivity index (χ0) is 26.3. The van der Waals surface area contributed by atoms with Gasteiger partial charge in [-0.3, -0.25) is 9.59 Å². The molecule has 2 aliphatic heterocycles. The molecule has 0 radical (unpaired) electrons. The van der Waals surface area contributed by atoms with Gasteiger partial charge in [0.1, 0.15) is 17.5 Å². The van der Waals surface area contributed by atoms with Crippen LogP contribution < -0.4 is 25.8 Å². The van der Waals surface area contributed by atoms with Crippen molar-refractivity contribution in [1.29, 1.82) is 0 Å². The Labute approximate surface area is 200 Å². The highest BCUT2D eigenvalue weighted by molar-refractivity contribution is 6.05. The van der Waals surface area contributed by atoms with Crippen molar-refractivity contribution in [3.63, 3.8) is 0 Å². The molecule has 0 aliphatic carbocycles. The first-order chi connectivity index (χ1) is 17.6. The van der Waals surface area contributed by atoms with Crippen LogP contribution in [0.4, 0.5) is 38.8 Å². The third kappa shape index (κ3) is 3.87. The van der Waals surface area contributed by atoms with Crippen LogP contribution in [0.1, 0.15) is 27.3 Å². The van der Waals surface area contributed by atoms with Crippen LogP contribution in [0.15, 0.2) is 48.8 Å². The lowest BCUT2D eigenvalue weighted by Crippen LogP contribution is -2.46. The molecule has 10 heteroatoms. The Hall–Kier alpha value is -4.21. The van der Waals surface area contributed by atoms with E-state index in [1.165, 1.54) is 24.4 Å². The van der Waals surface area contributed by atoms with E-state index in [0.29, 0.717) is 30.3 Å². The number of carbonyl (C=O) groups is 2. The van der Waals surface area contributed by atoms with Crippen molar-refractivity contribution >= 4 is 46.2 Å². The minimum atomic E-state index is -2.69. The minimum Gasteiger partial charge on any atom is -0.369 e. The molecule has 1 fully saturated rings. The van der Waals surface area contributed by atoms with E-state index in [2.05, 4.69) is 25.5 Å². The van der Waals surface area contributed by atoms with E-state index in [0.717, 1.165) is 24.0 Å². The molecule has 0 spiro atoms. The Morgan fingerprint density at radius 3 is 2.79 bits per heavy atom. The Balaban J connectivity index is 1.54. The number of nitrogens with one attached hydrogen (secondary N) is 3. The van der Waals surface area contributed by atoms with Crippen molar-refractivity contribution in [2.24, 2.45) is 0 Å². The molecule has 0 bridgehead atoms. The van der Waals surface area contributed by atoms with Crippen LogP contribution in [0, 0.1) is 5.82 Å². The monoisotopic (exact) mass is 464 g/mol. The number of benzene rings is 1. The molecule has 1 saturated heterocycles. The van der Waals surface area contributed by atoms with Gasteiger partial charge < -0.3 is 25.8 Å². The fourth-order valence-corrected chi connectivity index (χ4v) is 4.48. The number of hydrogen-bond donors (Lipinski definition) is 3. The summed E-state index contributed by atoms with van der Waals surface area (Å²) >= 11 is 0. The van der Waals surface area contributed by atoms with E-state index in [4.69, 9.17) is 4.11 Å². The van der Waals surface area contributed by atoms with E-state index >= 15 is 0 Å². The highest BCUT2D eigenvalue weighted by Gasteiger charge is 2.39. The molecule has 2 aliphatic rings. The summed E-state index contributed by atoms with van der Waals surface area (Å²) in [5.41, 5.74) is 2.45. The number of nitrogens with zero attached hydrogens (tertiary/aromatic N) is 4. The molecule has 3 N–H and O–H groups in total. The predicted molar refractivity (Wildman–Crippen MR) is 129 cm³/mol. The Morgan fingerprint density at radius 1 is 1.15 bits per heavy atom. The smallest absolute Gasteiger partial charge is 0.254 e. The maximum absolute atomic E-state index is 13.2. The molecular weight excluding hydrogens is 437 g/mol. The molecule has 1 atom stereocenters. The van der Waals surface area contributed by atoms with Gasteiger partial charge in [0.25, 0.3) is 5.91 Å². The van der Waals surface area contributed by atoms with Gasteiger partial charge in [-0.05, 0) is 30.7 Å². The lowest BCUT2D eigenvalue weighted by atomic mass is 10.1. The van der Waals surface area contributed by atoms with Gasteiger partial charge in [-0.15, -0.1) is 0 Å². The number of hydrogen-bond acceptors (Lipinski definition) is 7. The molecule has 2 amide bonds. The summed E-state index contributed by atoms with van der Waals surface area (Å²) in [6.45, 7) is -2.04. The lowest BCUT2D eigenvalue weighted by Gasteiger charge is -2.39. The fourth-order valence-electron chi connectivity index (χ4n) is 4.48. The number of pyridine rings is 2. The number of aromatic nitrogens is 2. The summed E-state index contributed by atoms with van der Waals surface area (Å²) in [6, 6.07) is 9.82. The predicted octanol–water partition coefficient (Wildman–Crippen LogP) is 3.41. The van der Waals surface area contributed by atoms with Gasteiger partial charge in [0, 0.05) is 43.4 Å². The Kier molecular flexibility index (Phi) is 4.62. The number of halogens is 1. The second kappa shape index (κ2) is 8.62. The number of likely N-dealkylation sites (N-methyl/N-ethyl adjacent to an activating group) is 1. The van der Waals surface area contributed by atoms with Crippen molar-refractivity contribution in [2.45, 2.75) is 18.9 Å². The normalized spacial score (nSPS) is 18.4. The van der Waals surface area contributed by atoms with Gasteiger partial charge >= 0.3 is 0 Å². The van der Waals surface area contributed by atoms with Crippen LogP contribution in [-0.2, 0) is 4.79 Å². The second-order valence-electron chi connectivity index (χ2n) is 8.19. The van der Waals surface area contributed by atoms with Crippen molar-refractivity contribution in [3.05, 3.63) is 60.2 Å². The summed E-state index contributed by atoms with van der Waals surface area (Å²) in [4.78, 5) is 37.5. The summed E-state index contributed by atoms with van der Waals surface area (Å²) in [7, 11) is 1.94. The number of fused-ring (bicyclic) bond motifs is 3. The van der Waals surface area contributed by atoms with Crippen LogP contribution in [0.25, 0.3) is 0 Å². The highest BCUT2D eigenvalue weighted by Crippen LogP contribution is 2.44. The van der Waals surface area contributed by atoms with Crippen LogP contribution >= 0.6 is 0 Å². The fraction of sp³-hybridized carbons (Fsp3) is 0.250. The molecule has 0 saturated carbocycles. The van der Waals surface area contributed by atoms with Gasteiger partial charge in [0.15, 0.2) is 0 Å². The number of rotatable bonds is 5. The molecule has 2 aromatic heterocycles. The topological polar surface area (TPSA) is 102 Å². The molecule has 4 heterocycles. The maximum Gasteiger partial charge on any atom is 0.254 e. The molecule has 3 aromatic rings. The van der Waals surface area contributed by atoms with Crippen LogP contribution in [-0.4, -0.2) is 48.4 Å². The third-order valence-corrected chi connectivity index (χ3v) is 5.98. The quantitative estimate of drug-likeness (QED) is 0.532. The number of carbonyl (C=O) groups excluding carboxylic acids is 2. The highest BCUT2D eigenvalue weighted by atomic mass is 19.1. The summed E-state index contributed by atoms with van der Waals surface area (Å²) in [6.07, 6.45) is 3.58. The van der Waals surface area contributed by atoms with Crippen LogP contribution in [0.5, 0.6) is 0 Å². The van der Waals surface area contributed by atoms with Gasteiger partial charge in [0.2, 0.25) is 5.91 Å². The van der Waals surface area contributed by atoms with Crippen molar-refractivity contribution in [2.75, 3.05) is 41.0 Å². The number of para-hydroxylation sites is 1. The maximum atomic E-state index is 13.2. The van der Waals surface area contributed by atoms with Gasteiger partial charge in [-0.2, -0.15) is 0 Å². The van der Waals surface area contributed by atoms with Gasteiger partial charge in [-0.1, -0.05) is 6.07 Å². The SMILES string of the molecule is [2H]C([2H])([2H])NC(=O)c1cnc(Nc2ccc(F)cn2)cc1Nc1cccc2c1N(C)CC1CCC(=O)N21. The second-order valence-corrected chi connectivity index (χ2v) is 8.19. The average molecular weight is 465 g/mol. The zero-order valence-electron chi connectivity index (χ0n) is 21.3. The van der Waals surface area contributed by atoms with Crippen LogP contribution in [0.2, 0.25) is 0 Å². The van der Waals surface area contributed by atoms with Crippen molar-refractivity contribution in [3.8, 4) is 0 Å². The van der Waals surface area contributed by atoms with E-state index in [-0.39, 0.29) is 23.2 Å². The summed E-state index contributed by atoms with van der Waals surface area (Å²) < 4.78 is 35.5. The summed E-state index contributed by atoms with van der Waals surface area (Å²) in [5.74, 6) is -0.644. The number of anilines is 6. The standard InChI is InChI=1S/C24H24FN7O2/c1-26-24(34)16-12-28-21(30-20-8-6-14(25)11-27-20)10-18(16)29-17-4-3-5-19-23(17)31(2)13-15-7-9-22(33)32(15)19/h3-6,8,10-12,15H,7,9,13H2,1-2H3,(H,26,34)(H2,27,28,29,30)/i1D3. The average Bonchev–Trinajstić information content (AvgIpc) is 3.20. The van der Waals surface area contributed by atoms with E-state index in [9.17, 15) is 14.0 Å². The minimum absolute atomic E-state index is 0.0000636. The molecule has 1 aromatic carbocycles. The lowest BCUT2D eigenvalue weighted by molar-refractivity contribution is -0.117. The molecule has 9 nitrogen and oxygen atoms in total. The van der Waals surface area contributed by atoms with Gasteiger partial charge in [0.05, 0.1) is 40.6 Å². The van der Waals surface area contributed by atoms with Crippen LogP contribution in [0.3, 0.4) is 0 Å². The first-order valence-electron chi connectivity index (χ1n) is 12.2.